The first-order valence-electron chi connectivity index (χ1n) is 9.40. The van der Waals surface area contributed by atoms with Gasteiger partial charge in [-0.15, -0.1) is 11.3 Å². The summed E-state index contributed by atoms with van der Waals surface area (Å²) in [6.45, 7) is 7.24. The molecule has 2 N–H and O–H groups in total. The highest BCUT2D eigenvalue weighted by Crippen LogP contribution is 2.20. The van der Waals surface area contributed by atoms with Crippen LogP contribution in [0, 0.1) is 6.92 Å². The van der Waals surface area contributed by atoms with E-state index >= 15 is 0 Å². The summed E-state index contributed by atoms with van der Waals surface area (Å²) >= 11 is 1.81. The lowest BCUT2D eigenvalue weighted by molar-refractivity contribution is 0.648. The first-order valence-corrected chi connectivity index (χ1v) is 10.2. The van der Waals surface area contributed by atoms with Crippen LogP contribution >= 0.6 is 11.3 Å². The lowest BCUT2D eigenvalue weighted by atomic mass is 10.2. The Hall–Kier alpha value is -2.08. The van der Waals surface area contributed by atoms with E-state index in [1.165, 1.54) is 21.1 Å². The zero-order valence-corrected chi connectivity index (χ0v) is 16.8. The summed E-state index contributed by atoms with van der Waals surface area (Å²) in [5.41, 5.74) is 2.61. The van der Waals surface area contributed by atoms with Gasteiger partial charge in [0.1, 0.15) is 0 Å². The van der Waals surface area contributed by atoms with Crippen molar-refractivity contribution in [3.63, 3.8) is 0 Å². The van der Waals surface area contributed by atoms with Crippen LogP contribution in [-0.2, 0) is 12.8 Å². The molecule has 140 valence electrons. The van der Waals surface area contributed by atoms with Crippen molar-refractivity contribution in [2.75, 3.05) is 31.6 Å². The van der Waals surface area contributed by atoms with E-state index in [9.17, 15) is 0 Å². The molecule has 0 radical (unpaired) electrons. The van der Waals surface area contributed by atoms with E-state index in [2.05, 4.69) is 63.6 Å². The zero-order chi connectivity index (χ0) is 18.4. The third-order valence-corrected chi connectivity index (χ3v) is 5.93. The van der Waals surface area contributed by atoms with Crippen LogP contribution in [0.5, 0.6) is 0 Å². The summed E-state index contributed by atoms with van der Waals surface area (Å²) in [5.74, 6) is 0.882. The van der Waals surface area contributed by atoms with Crippen molar-refractivity contribution >= 4 is 23.0 Å². The topological polar surface area (TPSA) is 52.6 Å². The Labute approximate surface area is 160 Å². The first-order chi connectivity index (χ1) is 12.7. The van der Waals surface area contributed by atoms with E-state index in [0.717, 1.165) is 44.9 Å². The zero-order valence-electron chi connectivity index (χ0n) is 16.0. The molecule has 0 spiro atoms. The Morgan fingerprint density at radius 2 is 2.15 bits per heavy atom. The van der Waals surface area contributed by atoms with Crippen molar-refractivity contribution in [2.45, 2.75) is 39.2 Å². The number of guanidine groups is 1. The number of rotatable bonds is 6. The van der Waals surface area contributed by atoms with Gasteiger partial charge in [0.25, 0.3) is 0 Å². The van der Waals surface area contributed by atoms with Crippen molar-refractivity contribution in [2.24, 2.45) is 4.99 Å². The third kappa shape index (κ3) is 4.97. The molecule has 0 amide bonds. The monoisotopic (exact) mass is 371 g/mol. The second-order valence-corrected chi connectivity index (χ2v) is 7.93. The van der Waals surface area contributed by atoms with Crippen LogP contribution in [0.4, 0.5) is 5.69 Å². The average molecular weight is 372 g/mol. The molecule has 1 saturated heterocycles. The number of hydrogen-bond acceptors (Lipinski definition) is 4. The van der Waals surface area contributed by atoms with E-state index in [4.69, 9.17) is 0 Å². The molecule has 1 fully saturated rings. The molecule has 2 aromatic rings. The van der Waals surface area contributed by atoms with E-state index in [1.807, 2.05) is 13.2 Å². The molecule has 2 heterocycles. The molecule has 1 aliphatic heterocycles. The fraction of sp³-hybridized carbons (Fsp3) is 0.500. The van der Waals surface area contributed by atoms with Gasteiger partial charge in [0.15, 0.2) is 5.96 Å². The number of aliphatic imine (C=N–C) groups is 1. The van der Waals surface area contributed by atoms with Crippen molar-refractivity contribution in [3.8, 4) is 0 Å². The molecule has 5 nitrogen and oxygen atoms in total. The van der Waals surface area contributed by atoms with Crippen molar-refractivity contribution in [1.82, 2.24) is 15.6 Å². The highest BCUT2D eigenvalue weighted by Gasteiger charge is 2.23. The molecule has 1 unspecified atom stereocenters. The molecule has 26 heavy (non-hydrogen) atoms. The fourth-order valence-corrected chi connectivity index (χ4v) is 4.03. The summed E-state index contributed by atoms with van der Waals surface area (Å²) in [6, 6.07) is 9.21. The molecule has 6 heteroatoms. The number of anilines is 1. The standard InChI is InChI=1S/C20H29N5S/c1-4-18-13-23-19(26-18)9-11-22-20(21-3)24-16-10-12-25(14-16)17-7-5-15(2)6-8-17/h5-8,13,16H,4,9-12,14H2,1-3H3,(H2,21,22,24). The molecule has 1 aromatic heterocycles. The van der Waals surface area contributed by atoms with E-state index in [1.54, 1.807) is 11.3 Å². The lowest BCUT2D eigenvalue weighted by Crippen LogP contribution is -2.45. The Morgan fingerprint density at radius 1 is 1.35 bits per heavy atom. The Morgan fingerprint density at radius 3 is 2.85 bits per heavy atom. The Balaban J connectivity index is 1.44. The average Bonchev–Trinajstić information content (AvgIpc) is 3.31. The molecule has 0 bridgehead atoms. The highest BCUT2D eigenvalue weighted by molar-refractivity contribution is 7.11. The number of benzene rings is 1. The van der Waals surface area contributed by atoms with Gasteiger partial charge in [0.05, 0.1) is 5.01 Å². The number of hydrogen-bond donors (Lipinski definition) is 2. The normalized spacial score (nSPS) is 17.6. The van der Waals surface area contributed by atoms with Gasteiger partial charge in [-0.3, -0.25) is 4.99 Å². The molecule has 1 atom stereocenters. The summed E-state index contributed by atoms with van der Waals surface area (Å²) in [6.07, 6.45) is 5.12. The lowest BCUT2D eigenvalue weighted by Gasteiger charge is -2.20. The second kappa shape index (κ2) is 9.03. The smallest absolute Gasteiger partial charge is 0.191 e. The predicted octanol–water partition coefficient (Wildman–Crippen LogP) is 3.00. The third-order valence-electron chi connectivity index (χ3n) is 4.73. The number of aryl methyl sites for hydroxylation is 2. The summed E-state index contributed by atoms with van der Waals surface area (Å²) < 4.78 is 0. The fourth-order valence-electron chi connectivity index (χ4n) is 3.17. The van der Waals surface area contributed by atoms with Gasteiger partial charge in [0, 0.05) is 55.9 Å². The largest absolute Gasteiger partial charge is 0.369 e. The number of aromatic nitrogens is 1. The van der Waals surface area contributed by atoms with Crippen LogP contribution in [0.15, 0.2) is 35.5 Å². The molecule has 1 aromatic carbocycles. The SMILES string of the molecule is CCc1cnc(CCNC(=NC)NC2CCN(c3ccc(C)cc3)C2)s1. The maximum Gasteiger partial charge on any atom is 0.191 e. The quantitative estimate of drug-likeness (QED) is 0.605. The molecule has 0 saturated carbocycles. The number of nitrogens with one attached hydrogen (secondary N) is 2. The first kappa shape index (κ1) is 18.7. The predicted molar refractivity (Wildman–Crippen MR) is 111 cm³/mol. The van der Waals surface area contributed by atoms with Gasteiger partial charge < -0.3 is 15.5 Å². The van der Waals surface area contributed by atoms with Crippen LogP contribution in [-0.4, -0.2) is 43.7 Å². The number of nitrogens with zero attached hydrogens (tertiary/aromatic N) is 3. The summed E-state index contributed by atoms with van der Waals surface area (Å²) in [4.78, 5) is 12.6. The van der Waals surface area contributed by atoms with Crippen molar-refractivity contribution < 1.29 is 0 Å². The minimum Gasteiger partial charge on any atom is -0.369 e. The van der Waals surface area contributed by atoms with Gasteiger partial charge in [-0.05, 0) is 31.9 Å². The minimum absolute atomic E-state index is 0.425. The number of thiazole rings is 1. The van der Waals surface area contributed by atoms with Crippen LogP contribution in [0.25, 0.3) is 0 Å². The van der Waals surface area contributed by atoms with Gasteiger partial charge in [-0.2, -0.15) is 0 Å². The maximum absolute atomic E-state index is 4.47. The Kier molecular flexibility index (Phi) is 6.50. The van der Waals surface area contributed by atoms with Crippen LogP contribution in [0.2, 0.25) is 0 Å². The van der Waals surface area contributed by atoms with Gasteiger partial charge in [-0.1, -0.05) is 24.6 Å². The molecular weight excluding hydrogens is 342 g/mol. The van der Waals surface area contributed by atoms with Gasteiger partial charge in [-0.25, -0.2) is 4.98 Å². The van der Waals surface area contributed by atoms with Gasteiger partial charge in [0.2, 0.25) is 0 Å². The van der Waals surface area contributed by atoms with E-state index < -0.39 is 0 Å². The minimum atomic E-state index is 0.425. The van der Waals surface area contributed by atoms with Crippen molar-refractivity contribution in [1.29, 1.82) is 0 Å². The van der Waals surface area contributed by atoms with E-state index in [-0.39, 0.29) is 0 Å². The molecule has 1 aliphatic rings. The molecular formula is C20H29N5S. The van der Waals surface area contributed by atoms with E-state index in [0.29, 0.717) is 6.04 Å². The maximum atomic E-state index is 4.47. The van der Waals surface area contributed by atoms with Crippen LogP contribution in [0.1, 0.15) is 28.8 Å². The second-order valence-electron chi connectivity index (χ2n) is 6.73. The van der Waals surface area contributed by atoms with Gasteiger partial charge >= 0.3 is 0 Å². The summed E-state index contributed by atoms with van der Waals surface area (Å²) in [7, 11) is 1.83. The van der Waals surface area contributed by atoms with Crippen LogP contribution in [0.3, 0.4) is 0 Å². The summed E-state index contributed by atoms with van der Waals surface area (Å²) in [5, 5.41) is 8.17. The van der Waals surface area contributed by atoms with Crippen molar-refractivity contribution in [3.05, 3.63) is 45.9 Å². The molecule has 0 aliphatic carbocycles. The molecule has 3 rings (SSSR count). The van der Waals surface area contributed by atoms with Crippen LogP contribution < -0.4 is 15.5 Å². The highest BCUT2D eigenvalue weighted by atomic mass is 32.1. The Bertz CT molecular complexity index is 722.